The Bertz CT molecular complexity index is 978. The summed E-state index contributed by atoms with van der Waals surface area (Å²) in [6.45, 7) is 4.72. The van der Waals surface area contributed by atoms with Crippen LogP contribution in [0, 0.1) is 6.92 Å². The maximum atomic E-state index is 4.72. The van der Waals surface area contributed by atoms with Crippen LogP contribution >= 0.6 is 0 Å². The fraction of sp³-hybridized carbons (Fsp3) is 0.138. The Morgan fingerprint density at radius 3 is 1.62 bits per heavy atom. The molecule has 0 aliphatic carbocycles. The summed E-state index contributed by atoms with van der Waals surface area (Å²) < 4.78 is 0. The van der Waals surface area contributed by atoms with Gasteiger partial charge in [0.2, 0.25) is 0 Å². The maximum absolute atomic E-state index is 4.72. The van der Waals surface area contributed by atoms with Gasteiger partial charge >= 0.3 is 0 Å². The van der Waals surface area contributed by atoms with Crippen molar-refractivity contribution in [3.63, 3.8) is 0 Å². The molecule has 0 fully saturated rings. The van der Waals surface area contributed by atoms with Gasteiger partial charge in [-0.3, -0.25) is 0 Å². The van der Waals surface area contributed by atoms with Crippen molar-refractivity contribution in [1.29, 1.82) is 0 Å². The zero-order valence-corrected chi connectivity index (χ0v) is 16.8. The number of rotatable bonds is 7. The zero-order chi connectivity index (χ0) is 19.9. The third kappa shape index (κ3) is 4.32. The Kier molecular flexibility index (Phi) is 5.91. The standard InChI is InChI=1S/C29H27/c1-29(26-18-7-3-8-19-26,27-20-9-4-10-21-27)23-13-17-25-16-11-12-22-28(25)24-14-5-2-6-15-24/h2-12,14-16,18-22H,1,13,17,23H2. The van der Waals surface area contributed by atoms with E-state index in [0.717, 1.165) is 19.3 Å². The van der Waals surface area contributed by atoms with Crippen LogP contribution in [0.2, 0.25) is 0 Å². The van der Waals surface area contributed by atoms with Crippen molar-refractivity contribution in [3.05, 3.63) is 139 Å². The first-order valence-corrected chi connectivity index (χ1v) is 10.4. The van der Waals surface area contributed by atoms with Crippen LogP contribution in [-0.2, 0) is 11.8 Å². The first-order valence-electron chi connectivity index (χ1n) is 10.4. The molecule has 29 heavy (non-hydrogen) atoms. The van der Waals surface area contributed by atoms with Crippen molar-refractivity contribution in [2.45, 2.75) is 24.7 Å². The van der Waals surface area contributed by atoms with E-state index in [0.29, 0.717) is 0 Å². The molecule has 4 rings (SSSR count). The van der Waals surface area contributed by atoms with Crippen LogP contribution in [0.4, 0.5) is 0 Å². The van der Waals surface area contributed by atoms with E-state index >= 15 is 0 Å². The lowest BCUT2D eigenvalue weighted by Gasteiger charge is -2.31. The van der Waals surface area contributed by atoms with E-state index in [4.69, 9.17) is 6.92 Å². The molecule has 1 radical (unpaired) electrons. The van der Waals surface area contributed by atoms with Crippen molar-refractivity contribution in [2.75, 3.05) is 0 Å². The second kappa shape index (κ2) is 8.92. The number of aryl methyl sites for hydroxylation is 1. The highest BCUT2D eigenvalue weighted by Gasteiger charge is 2.28. The van der Waals surface area contributed by atoms with Gasteiger partial charge in [-0.2, -0.15) is 0 Å². The highest BCUT2D eigenvalue weighted by Crippen LogP contribution is 2.36. The molecule has 0 N–H and O–H groups in total. The predicted molar refractivity (Wildman–Crippen MR) is 124 cm³/mol. The fourth-order valence-corrected chi connectivity index (χ4v) is 4.19. The van der Waals surface area contributed by atoms with Crippen LogP contribution in [-0.4, -0.2) is 0 Å². The Morgan fingerprint density at radius 1 is 0.552 bits per heavy atom. The minimum absolute atomic E-state index is 0.232. The molecule has 0 spiro atoms. The summed E-state index contributed by atoms with van der Waals surface area (Å²) >= 11 is 0. The molecule has 0 aromatic heterocycles. The number of hydrogen-bond donors (Lipinski definition) is 0. The monoisotopic (exact) mass is 375 g/mol. The maximum Gasteiger partial charge on any atom is 0.0203 e. The van der Waals surface area contributed by atoms with Crippen LogP contribution in [0.5, 0.6) is 0 Å². The molecule has 0 amide bonds. The zero-order valence-electron chi connectivity index (χ0n) is 16.8. The third-order valence-corrected chi connectivity index (χ3v) is 5.80. The van der Waals surface area contributed by atoms with Gasteiger partial charge in [0.15, 0.2) is 0 Å². The van der Waals surface area contributed by atoms with E-state index in [1.807, 2.05) is 0 Å². The van der Waals surface area contributed by atoms with E-state index in [2.05, 4.69) is 115 Å². The summed E-state index contributed by atoms with van der Waals surface area (Å²) in [4.78, 5) is 0. The summed E-state index contributed by atoms with van der Waals surface area (Å²) in [6, 6.07) is 40.9. The van der Waals surface area contributed by atoms with Crippen molar-refractivity contribution < 1.29 is 0 Å². The van der Waals surface area contributed by atoms with Gasteiger partial charge in [-0.25, -0.2) is 0 Å². The Hall–Kier alpha value is -3.12. The molecule has 0 nitrogen and oxygen atoms in total. The molecule has 0 bridgehead atoms. The lowest BCUT2D eigenvalue weighted by atomic mass is 9.72. The van der Waals surface area contributed by atoms with E-state index in [9.17, 15) is 0 Å². The summed E-state index contributed by atoms with van der Waals surface area (Å²) in [6.07, 6.45) is 3.13. The third-order valence-electron chi connectivity index (χ3n) is 5.80. The van der Waals surface area contributed by atoms with Gasteiger partial charge in [-0.05, 0) is 54.0 Å². The molecule has 4 aromatic rings. The average molecular weight is 376 g/mol. The molecule has 143 valence electrons. The van der Waals surface area contributed by atoms with Crippen molar-refractivity contribution >= 4 is 0 Å². The second-order valence-corrected chi connectivity index (χ2v) is 7.69. The summed E-state index contributed by atoms with van der Waals surface area (Å²) in [5.74, 6) is 0. The smallest absolute Gasteiger partial charge is 0.0203 e. The molecule has 0 heterocycles. The minimum Gasteiger partial charge on any atom is -0.0622 e. The van der Waals surface area contributed by atoms with E-state index in [1.54, 1.807) is 0 Å². The molecule has 0 heteroatoms. The summed E-state index contributed by atoms with van der Waals surface area (Å²) in [5, 5.41) is 0. The molecule has 0 atom stereocenters. The largest absolute Gasteiger partial charge is 0.0622 e. The first-order chi connectivity index (χ1) is 14.3. The molecule has 0 aliphatic rings. The molecule has 0 saturated heterocycles. The van der Waals surface area contributed by atoms with Crippen molar-refractivity contribution in [3.8, 4) is 11.1 Å². The predicted octanol–water partition coefficient (Wildman–Crippen LogP) is 7.50. The Morgan fingerprint density at radius 2 is 1.03 bits per heavy atom. The quantitative estimate of drug-likeness (QED) is 0.314. The average Bonchev–Trinajstić information content (AvgIpc) is 2.81. The normalized spacial score (nSPS) is 11.3. The van der Waals surface area contributed by atoms with Gasteiger partial charge in [0, 0.05) is 5.41 Å². The van der Waals surface area contributed by atoms with E-state index in [1.165, 1.54) is 27.8 Å². The summed E-state index contributed by atoms with van der Waals surface area (Å²) in [7, 11) is 0. The Labute approximate surface area is 174 Å². The van der Waals surface area contributed by atoms with Crippen molar-refractivity contribution in [2.24, 2.45) is 0 Å². The van der Waals surface area contributed by atoms with Gasteiger partial charge in [0.1, 0.15) is 0 Å². The van der Waals surface area contributed by atoms with E-state index < -0.39 is 0 Å². The molecule has 4 aromatic carbocycles. The lowest BCUT2D eigenvalue weighted by molar-refractivity contribution is 0.546. The SMILES string of the molecule is [CH2]C(CCCc1ccccc1-c1ccccc1)(c1ccccc1)c1ccccc1. The molecule has 0 saturated carbocycles. The van der Waals surface area contributed by atoms with Gasteiger partial charge in [0.25, 0.3) is 0 Å². The van der Waals surface area contributed by atoms with Crippen molar-refractivity contribution in [1.82, 2.24) is 0 Å². The first kappa shape index (κ1) is 19.2. The fourth-order valence-electron chi connectivity index (χ4n) is 4.19. The number of hydrogen-bond acceptors (Lipinski definition) is 0. The number of benzene rings is 4. The molecule has 0 aliphatic heterocycles. The Balaban J connectivity index is 1.58. The summed E-state index contributed by atoms with van der Waals surface area (Å²) in [5.41, 5.74) is 6.36. The molecule has 0 unspecified atom stereocenters. The van der Waals surface area contributed by atoms with Crippen LogP contribution in [0.25, 0.3) is 11.1 Å². The van der Waals surface area contributed by atoms with Gasteiger partial charge in [-0.15, -0.1) is 0 Å². The van der Waals surface area contributed by atoms with Gasteiger partial charge < -0.3 is 0 Å². The van der Waals surface area contributed by atoms with Crippen LogP contribution in [0.15, 0.2) is 115 Å². The van der Waals surface area contributed by atoms with Crippen LogP contribution < -0.4 is 0 Å². The van der Waals surface area contributed by atoms with Crippen LogP contribution in [0.3, 0.4) is 0 Å². The molecular weight excluding hydrogens is 348 g/mol. The van der Waals surface area contributed by atoms with Gasteiger partial charge in [0.05, 0.1) is 0 Å². The highest BCUT2D eigenvalue weighted by atomic mass is 14.3. The van der Waals surface area contributed by atoms with Crippen LogP contribution in [0.1, 0.15) is 29.5 Å². The minimum atomic E-state index is -0.232. The topological polar surface area (TPSA) is 0 Å². The molecular formula is C29H27. The van der Waals surface area contributed by atoms with Gasteiger partial charge in [-0.1, -0.05) is 115 Å². The highest BCUT2D eigenvalue weighted by molar-refractivity contribution is 5.67. The lowest BCUT2D eigenvalue weighted by Crippen LogP contribution is -2.24. The second-order valence-electron chi connectivity index (χ2n) is 7.69. The van der Waals surface area contributed by atoms with E-state index in [-0.39, 0.29) is 5.41 Å².